The summed E-state index contributed by atoms with van der Waals surface area (Å²) in [5.41, 5.74) is 7.67. The topological polar surface area (TPSA) is 414 Å². The van der Waals surface area contributed by atoms with Gasteiger partial charge in [-0.2, -0.15) is 45.0 Å². The predicted molar refractivity (Wildman–Crippen MR) is 410 cm³/mol. The fourth-order valence-corrected chi connectivity index (χ4v) is 17.9. The summed E-state index contributed by atoms with van der Waals surface area (Å²) in [7, 11) is -6.65. The van der Waals surface area contributed by atoms with Crippen LogP contribution < -0.4 is 0 Å². The number of likely N-dealkylation sites (tertiary alicyclic amines) is 2. The molecule has 1 aliphatic carbocycles. The van der Waals surface area contributed by atoms with E-state index in [1.54, 1.807) is 105 Å². The lowest BCUT2D eigenvalue weighted by molar-refractivity contribution is -0.144. The first-order chi connectivity index (χ1) is 54.1. The molecule has 0 aromatic carbocycles. The summed E-state index contributed by atoms with van der Waals surface area (Å²) in [6.07, 6.45) is 29.4. The average Bonchev–Trinajstić information content (AvgIpc) is 1.69. The van der Waals surface area contributed by atoms with E-state index in [2.05, 4.69) is 104 Å². The molecule has 5 fully saturated rings. The maximum Gasteiger partial charge on any atom is 0.231 e. The van der Waals surface area contributed by atoms with Crippen molar-refractivity contribution >= 4 is 98.9 Å². The first-order valence-electron chi connectivity index (χ1n) is 35.7. The van der Waals surface area contributed by atoms with Crippen molar-refractivity contribution in [1.82, 2.24) is 97.2 Å². The summed E-state index contributed by atoms with van der Waals surface area (Å²) in [6, 6.07) is 18.0. The molecule has 0 spiro atoms. The number of hydrogen-bond donors (Lipinski definition) is 4. The van der Waals surface area contributed by atoms with Gasteiger partial charge in [0.1, 0.15) is 51.1 Å². The summed E-state index contributed by atoms with van der Waals surface area (Å²) in [5, 5.41) is 54.1. The average molecular weight is 1540 g/mol. The Kier molecular flexibility index (Phi) is 20.1. The van der Waals surface area contributed by atoms with Gasteiger partial charge in [0.2, 0.25) is 54.7 Å². The molecule has 562 valence electrons. The van der Waals surface area contributed by atoms with Gasteiger partial charge in [0, 0.05) is 174 Å². The molecule has 34 nitrogen and oxygen atoms in total. The second-order valence-electron chi connectivity index (χ2n) is 28.2. The lowest BCUT2D eigenvalue weighted by atomic mass is 9.86. The van der Waals surface area contributed by atoms with Crippen molar-refractivity contribution < 1.29 is 26.4 Å². The maximum absolute atomic E-state index is 12.3. The van der Waals surface area contributed by atoms with Crippen LogP contribution in [0, 0.1) is 77.5 Å². The van der Waals surface area contributed by atoms with Gasteiger partial charge in [-0.3, -0.25) is 43.2 Å². The Hall–Kier alpha value is -13.7. The fourth-order valence-electron chi connectivity index (χ4n) is 15.0. The number of nitrogens with one attached hydrogen (secondary N) is 4. The molecule has 36 heteroatoms. The Morgan fingerprint density at radius 1 is 0.500 bits per heavy atom. The number of H-pyrrole nitrogens is 4. The van der Waals surface area contributed by atoms with Crippen LogP contribution in [-0.4, -0.2) is 190 Å². The third-order valence-corrected chi connectivity index (χ3v) is 24.9. The first-order valence-corrected chi connectivity index (χ1v) is 38.9. The molecule has 12 aromatic rings. The van der Waals surface area contributed by atoms with Crippen LogP contribution in [0.4, 0.5) is 22.9 Å². The van der Waals surface area contributed by atoms with Crippen LogP contribution in [0.5, 0.6) is 0 Å². The highest BCUT2D eigenvalue weighted by Gasteiger charge is 2.54. The minimum absolute atomic E-state index is 0.00858. The van der Waals surface area contributed by atoms with E-state index in [0.717, 1.165) is 73.3 Å². The van der Waals surface area contributed by atoms with E-state index in [0.29, 0.717) is 90.2 Å². The zero-order valence-corrected chi connectivity index (χ0v) is 62.5. The minimum atomic E-state index is -3.34. The Morgan fingerprint density at radius 2 is 0.902 bits per heavy atom. The van der Waals surface area contributed by atoms with Crippen LogP contribution in [0.1, 0.15) is 72.1 Å². The van der Waals surface area contributed by atoms with Crippen molar-refractivity contribution in [1.29, 1.82) is 21.0 Å². The zero-order chi connectivity index (χ0) is 78.9. The number of pyridine rings is 3. The van der Waals surface area contributed by atoms with Crippen LogP contribution >= 0.6 is 0 Å². The van der Waals surface area contributed by atoms with E-state index < -0.39 is 42.2 Å². The molecule has 16 heterocycles. The summed E-state index contributed by atoms with van der Waals surface area (Å²) >= 11 is 0. The van der Waals surface area contributed by atoms with Crippen molar-refractivity contribution in [2.24, 2.45) is 5.92 Å². The van der Waals surface area contributed by atoms with Crippen molar-refractivity contribution in [2.75, 3.05) is 63.9 Å². The number of carbonyl (C=O) groups excluding carboxylic acids is 2. The second-order valence-corrected chi connectivity index (χ2v) is 32.6. The Bertz CT molecular complexity index is 6280. The van der Waals surface area contributed by atoms with Gasteiger partial charge in [-0.15, -0.1) is 0 Å². The molecule has 112 heavy (non-hydrogen) atoms. The van der Waals surface area contributed by atoms with Gasteiger partial charge in [0.25, 0.3) is 0 Å². The third-order valence-electron chi connectivity index (χ3n) is 21.1. The summed E-state index contributed by atoms with van der Waals surface area (Å²) in [4.78, 5) is 75.7. The van der Waals surface area contributed by atoms with Gasteiger partial charge in [-0.25, -0.2) is 41.3 Å². The minimum Gasteiger partial charge on any atom is -0.364 e. The number of nitriles is 4. The predicted octanol–water partition coefficient (Wildman–Crippen LogP) is 10.6. The Labute approximate surface area is 642 Å². The zero-order valence-electron chi connectivity index (χ0n) is 60.9. The quantitative estimate of drug-likeness (QED) is 0.0546. The molecule has 4 aliphatic heterocycles. The molecule has 0 radical (unpaired) electrons. The van der Waals surface area contributed by atoms with Gasteiger partial charge in [0.05, 0.1) is 125 Å². The van der Waals surface area contributed by atoms with Gasteiger partial charge < -0.3 is 34.6 Å². The van der Waals surface area contributed by atoms with E-state index >= 15 is 0 Å². The highest BCUT2D eigenvalue weighted by molar-refractivity contribution is 7.89. The van der Waals surface area contributed by atoms with E-state index in [9.17, 15) is 47.5 Å². The smallest absolute Gasteiger partial charge is 0.231 e. The number of fused-ring (bicyclic) bond motifs is 4. The number of rotatable bonds is 19. The molecule has 12 aromatic heterocycles. The molecule has 0 atom stereocenters. The molecule has 4 saturated heterocycles. The van der Waals surface area contributed by atoms with E-state index in [1.807, 2.05) is 55.4 Å². The standard InChI is InChI=1S/C20H17N7O.C19H19N7O2S.C19H17N7O.C18H17N7O2S/c1-22-16-9-24-18-15(4-7-23-18)17(16)14-8-25-27(10-14)20(5-6-21)11-26(12-20)19(28)13-2-3-13;1-3-8-29(27,28)25-12-19(13-25,5-6-20)26-11-14(9-24-26)17-15-4-7-22-18(15)23-10-16(17)21-2;1-3-16(27)25-11-19(12-25,5-6-20)26-10-13(8-24-26)17-14-4-7-22-18(14)23-9-15(17)21-2;1-3-28(26,27)24-10-18(11-24,5-6-19)25-9-13(8-15(25)20-2)16-14-4-7-21-17(14)23-12-22-16/h4,7-10,13H,2-3,5,11-12H2,(H,23,24);4,7,9-11H,3,5,8,12-13H2,1H3,(H,22,23);4,7-10H,3,5,11-12H2,1H3,(H,22,23);4,7-9,12H,3,5,10-11H2,1H3,(H,21,22,23). The largest absolute Gasteiger partial charge is 0.364 e. The monoisotopic (exact) mass is 1530 g/mol. The molecular weight excluding hydrogens is 1470 g/mol. The third kappa shape index (κ3) is 13.5. The number of sulfonamides is 2. The number of hydrogen-bond acceptors (Lipinski definition) is 18. The molecule has 0 bridgehead atoms. The van der Waals surface area contributed by atoms with Crippen molar-refractivity contribution in [3.63, 3.8) is 0 Å². The van der Waals surface area contributed by atoms with Crippen LogP contribution in [0.3, 0.4) is 0 Å². The first kappa shape index (κ1) is 75.1. The SMILES string of the molecule is [C-]#[N+]c1cc(-c2ncnc3[nH]ccc23)cn1C1(CC#N)CN(S(=O)(=O)CC)C1.[C-]#[N+]c1cnc2[nH]ccc2c1-c1cnn(C2(CC#N)CN(C(=O)C3CC3)C2)c1.[C-]#[N+]c1cnc2[nH]ccc2c1-c1cnn(C2(CC#N)CN(C(=O)CC)C2)c1.[C-]#[N+]c1cnc2[nH]ccc2c1-c1cnn(C2(CC#N)CN(S(=O)(=O)CCC)C2)c1. The normalized spacial score (nSPS) is 16.4. The number of aromatic amines is 4. The molecular formula is C76H70N28O6S2. The van der Waals surface area contributed by atoms with Crippen LogP contribution in [0.25, 0.3) is 108 Å². The van der Waals surface area contributed by atoms with E-state index in [4.69, 9.17) is 26.3 Å². The highest BCUT2D eigenvalue weighted by Crippen LogP contribution is 2.46. The lowest BCUT2D eigenvalue weighted by Gasteiger charge is -2.49. The summed E-state index contributed by atoms with van der Waals surface area (Å²) < 4.78 is 58.7. The Morgan fingerprint density at radius 3 is 1.30 bits per heavy atom. The van der Waals surface area contributed by atoms with E-state index in [-0.39, 0.29) is 81.1 Å². The second kappa shape index (κ2) is 30.0. The van der Waals surface area contributed by atoms with Crippen molar-refractivity contribution in [3.05, 3.63) is 169 Å². The van der Waals surface area contributed by atoms with Gasteiger partial charge >= 0.3 is 0 Å². The molecule has 2 amide bonds. The van der Waals surface area contributed by atoms with Crippen molar-refractivity contribution in [3.8, 4) is 68.9 Å². The fraction of sp³-hybridized carbons (Fsp3) is 0.342. The molecule has 4 N–H and O–H groups in total. The summed E-state index contributed by atoms with van der Waals surface area (Å²) in [5.74, 6) is 0.897. The summed E-state index contributed by atoms with van der Waals surface area (Å²) in [6.45, 7) is 38.0. The van der Waals surface area contributed by atoms with E-state index in [1.165, 1.54) is 21.1 Å². The van der Waals surface area contributed by atoms with Gasteiger partial charge in [0.15, 0.2) is 0 Å². The number of aromatic nitrogens is 16. The molecule has 17 rings (SSSR count). The highest BCUT2D eigenvalue weighted by atomic mass is 32.2. The number of amides is 2. The lowest BCUT2D eigenvalue weighted by Crippen LogP contribution is -2.64. The van der Waals surface area contributed by atoms with Gasteiger partial charge in [-0.1, -0.05) is 20.4 Å². The molecule has 1 saturated carbocycles. The maximum atomic E-state index is 12.3. The number of carbonyl (C=O) groups is 2. The van der Waals surface area contributed by atoms with Crippen LogP contribution in [-0.2, 0) is 51.8 Å². The van der Waals surface area contributed by atoms with Crippen LogP contribution in [0.15, 0.2) is 123 Å². The van der Waals surface area contributed by atoms with Crippen molar-refractivity contribution in [2.45, 2.75) is 94.3 Å². The molecule has 0 unspecified atom stereocenters. The Balaban J connectivity index is 0.000000124. The van der Waals surface area contributed by atoms with Gasteiger partial charge in [-0.05, 0) is 56.5 Å². The number of nitrogens with zero attached hydrogens (tertiary/aromatic N) is 24. The van der Waals surface area contributed by atoms with Crippen LogP contribution in [0.2, 0.25) is 0 Å². The molecule has 5 aliphatic rings.